The van der Waals surface area contributed by atoms with E-state index in [2.05, 4.69) is 20.8 Å². The van der Waals surface area contributed by atoms with E-state index >= 15 is 0 Å². The van der Waals surface area contributed by atoms with E-state index in [1.54, 1.807) is 24.3 Å². The first-order valence-electron chi connectivity index (χ1n) is 7.80. The summed E-state index contributed by atoms with van der Waals surface area (Å²) in [6, 6.07) is 14.4. The van der Waals surface area contributed by atoms with Crippen molar-refractivity contribution in [1.82, 2.24) is 15.5 Å². The molecule has 0 saturated heterocycles. The molecule has 0 atom stereocenters. The second-order valence-corrected chi connectivity index (χ2v) is 5.89. The fraction of sp³-hybridized carbons (Fsp3) is 0.167. The Morgan fingerprint density at radius 1 is 1.12 bits per heavy atom. The number of hydrogen-bond acceptors (Lipinski definition) is 4. The molecular formula is C18H17ClN4O2. The summed E-state index contributed by atoms with van der Waals surface area (Å²) in [6.07, 6.45) is 0.451. The van der Waals surface area contributed by atoms with Gasteiger partial charge in [0.05, 0.1) is 0 Å². The van der Waals surface area contributed by atoms with Crippen molar-refractivity contribution in [2.75, 3.05) is 11.9 Å². The van der Waals surface area contributed by atoms with Crippen molar-refractivity contribution in [2.24, 2.45) is 0 Å². The molecule has 2 amide bonds. The molecule has 25 heavy (non-hydrogen) atoms. The SMILES string of the molecule is Cc1ccccc1-c1nnc(CCNC(=O)Nc2ccc(Cl)cc2)o1. The smallest absolute Gasteiger partial charge is 0.319 e. The summed E-state index contributed by atoms with van der Waals surface area (Å²) in [6.45, 7) is 2.37. The zero-order valence-corrected chi connectivity index (χ0v) is 14.4. The number of carbonyl (C=O) groups is 1. The summed E-state index contributed by atoms with van der Waals surface area (Å²) in [4.78, 5) is 11.8. The van der Waals surface area contributed by atoms with E-state index in [1.807, 2.05) is 31.2 Å². The number of aromatic nitrogens is 2. The third kappa shape index (κ3) is 4.58. The van der Waals surface area contributed by atoms with Crippen LogP contribution in [0.5, 0.6) is 0 Å². The lowest BCUT2D eigenvalue weighted by Gasteiger charge is -2.06. The van der Waals surface area contributed by atoms with Gasteiger partial charge in [-0.3, -0.25) is 0 Å². The van der Waals surface area contributed by atoms with Gasteiger partial charge in [-0.05, 0) is 42.8 Å². The zero-order valence-electron chi connectivity index (χ0n) is 13.6. The van der Waals surface area contributed by atoms with Crippen LogP contribution in [0.4, 0.5) is 10.5 Å². The summed E-state index contributed by atoms with van der Waals surface area (Å²) < 4.78 is 5.66. The number of anilines is 1. The number of benzene rings is 2. The van der Waals surface area contributed by atoms with Crippen molar-refractivity contribution in [3.8, 4) is 11.5 Å². The summed E-state index contributed by atoms with van der Waals surface area (Å²) in [7, 11) is 0. The molecule has 2 aromatic carbocycles. The van der Waals surface area contributed by atoms with Crippen LogP contribution < -0.4 is 10.6 Å². The maximum absolute atomic E-state index is 11.8. The van der Waals surface area contributed by atoms with Crippen molar-refractivity contribution in [3.05, 3.63) is 65.0 Å². The van der Waals surface area contributed by atoms with E-state index in [-0.39, 0.29) is 6.03 Å². The Kier molecular flexibility index (Phi) is 5.30. The zero-order chi connectivity index (χ0) is 17.6. The lowest BCUT2D eigenvalue weighted by Crippen LogP contribution is -2.30. The van der Waals surface area contributed by atoms with Gasteiger partial charge in [-0.25, -0.2) is 4.79 Å². The van der Waals surface area contributed by atoms with Gasteiger partial charge in [-0.1, -0.05) is 29.8 Å². The van der Waals surface area contributed by atoms with Crippen LogP contribution >= 0.6 is 11.6 Å². The Bertz CT molecular complexity index is 862. The standard InChI is InChI=1S/C18H17ClN4O2/c1-12-4-2-3-5-15(12)17-23-22-16(25-17)10-11-20-18(24)21-14-8-6-13(19)7-9-14/h2-9H,10-11H2,1H3,(H2,20,21,24). The molecule has 0 saturated carbocycles. The lowest BCUT2D eigenvalue weighted by molar-refractivity contribution is 0.252. The summed E-state index contributed by atoms with van der Waals surface area (Å²) >= 11 is 5.80. The first kappa shape index (κ1) is 17.0. The Balaban J connectivity index is 1.50. The second kappa shape index (κ2) is 7.81. The van der Waals surface area contributed by atoms with E-state index in [1.165, 1.54) is 0 Å². The quantitative estimate of drug-likeness (QED) is 0.722. The fourth-order valence-electron chi connectivity index (χ4n) is 2.27. The van der Waals surface area contributed by atoms with Gasteiger partial charge in [0.15, 0.2) is 0 Å². The van der Waals surface area contributed by atoms with Crippen molar-refractivity contribution in [1.29, 1.82) is 0 Å². The molecule has 0 fully saturated rings. The largest absolute Gasteiger partial charge is 0.421 e. The Morgan fingerprint density at radius 2 is 1.88 bits per heavy atom. The Morgan fingerprint density at radius 3 is 2.64 bits per heavy atom. The van der Waals surface area contributed by atoms with Crippen LogP contribution in [0.3, 0.4) is 0 Å². The minimum atomic E-state index is -0.305. The van der Waals surface area contributed by atoms with Crippen LogP contribution in [0.25, 0.3) is 11.5 Å². The summed E-state index contributed by atoms with van der Waals surface area (Å²) in [5.41, 5.74) is 2.65. The third-order valence-electron chi connectivity index (χ3n) is 3.57. The van der Waals surface area contributed by atoms with Crippen molar-refractivity contribution in [3.63, 3.8) is 0 Å². The van der Waals surface area contributed by atoms with Gasteiger partial charge >= 0.3 is 6.03 Å². The predicted octanol–water partition coefficient (Wildman–Crippen LogP) is 4.06. The highest BCUT2D eigenvalue weighted by molar-refractivity contribution is 6.30. The van der Waals surface area contributed by atoms with Crippen LogP contribution in [0, 0.1) is 6.92 Å². The highest BCUT2D eigenvalue weighted by atomic mass is 35.5. The fourth-order valence-corrected chi connectivity index (χ4v) is 2.39. The topological polar surface area (TPSA) is 80.0 Å². The number of halogens is 1. The molecule has 1 aromatic heterocycles. The molecular weight excluding hydrogens is 340 g/mol. The number of aryl methyl sites for hydroxylation is 1. The molecule has 0 aliphatic carbocycles. The van der Waals surface area contributed by atoms with Crippen molar-refractivity contribution < 1.29 is 9.21 Å². The number of urea groups is 1. The average Bonchev–Trinajstić information content (AvgIpc) is 3.06. The van der Waals surface area contributed by atoms with E-state index in [0.29, 0.717) is 35.5 Å². The van der Waals surface area contributed by atoms with Crippen LogP contribution in [0.15, 0.2) is 52.9 Å². The molecule has 3 rings (SSSR count). The third-order valence-corrected chi connectivity index (χ3v) is 3.82. The first-order chi connectivity index (χ1) is 12.1. The molecule has 7 heteroatoms. The number of amides is 2. The van der Waals surface area contributed by atoms with E-state index in [4.69, 9.17) is 16.0 Å². The van der Waals surface area contributed by atoms with Gasteiger partial charge < -0.3 is 15.1 Å². The highest BCUT2D eigenvalue weighted by Gasteiger charge is 2.10. The van der Waals surface area contributed by atoms with Gasteiger partial charge in [0, 0.05) is 29.2 Å². The highest BCUT2D eigenvalue weighted by Crippen LogP contribution is 2.21. The maximum atomic E-state index is 11.8. The van der Waals surface area contributed by atoms with Gasteiger partial charge in [-0.15, -0.1) is 10.2 Å². The number of hydrogen-bond donors (Lipinski definition) is 2. The molecule has 0 bridgehead atoms. The Hall–Kier alpha value is -2.86. The molecule has 0 aliphatic heterocycles. The van der Waals surface area contributed by atoms with Gasteiger partial charge in [0.2, 0.25) is 11.8 Å². The molecule has 3 aromatic rings. The molecule has 1 heterocycles. The van der Waals surface area contributed by atoms with Gasteiger partial charge in [0.1, 0.15) is 0 Å². The lowest BCUT2D eigenvalue weighted by atomic mass is 10.1. The molecule has 6 nitrogen and oxygen atoms in total. The average molecular weight is 357 g/mol. The van der Waals surface area contributed by atoms with Gasteiger partial charge in [0.25, 0.3) is 0 Å². The van der Waals surface area contributed by atoms with Crippen LogP contribution in [-0.4, -0.2) is 22.8 Å². The number of rotatable bonds is 5. The first-order valence-corrected chi connectivity index (χ1v) is 8.18. The number of carbonyl (C=O) groups excluding carboxylic acids is 1. The maximum Gasteiger partial charge on any atom is 0.319 e. The minimum Gasteiger partial charge on any atom is -0.421 e. The van der Waals surface area contributed by atoms with Crippen LogP contribution in [0.1, 0.15) is 11.5 Å². The minimum absolute atomic E-state index is 0.305. The van der Waals surface area contributed by atoms with E-state index < -0.39 is 0 Å². The van der Waals surface area contributed by atoms with Crippen LogP contribution in [0.2, 0.25) is 5.02 Å². The monoisotopic (exact) mass is 356 g/mol. The molecule has 0 unspecified atom stereocenters. The molecule has 2 N–H and O–H groups in total. The second-order valence-electron chi connectivity index (χ2n) is 5.45. The number of nitrogens with one attached hydrogen (secondary N) is 2. The van der Waals surface area contributed by atoms with E-state index in [0.717, 1.165) is 11.1 Å². The summed E-state index contributed by atoms with van der Waals surface area (Å²) in [5.74, 6) is 0.962. The molecule has 0 aliphatic rings. The normalized spacial score (nSPS) is 10.5. The number of nitrogens with zero attached hydrogens (tertiary/aromatic N) is 2. The Labute approximate surface area is 150 Å². The van der Waals surface area contributed by atoms with E-state index in [9.17, 15) is 4.79 Å². The molecule has 0 spiro atoms. The molecule has 128 valence electrons. The predicted molar refractivity (Wildman–Crippen MR) is 96.6 cm³/mol. The van der Waals surface area contributed by atoms with Crippen molar-refractivity contribution >= 4 is 23.3 Å². The van der Waals surface area contributed by atoms with Crippen molar-refractivity contribution in [2.45, 2.75) is 13.3 Å². The van der Waals surface area contributed by atoms with Gasteiger partial charge in [-0.2, -0.15) is 0 Å². The van der Waals surface area contributed by atoms with Crippen LogP contribution in [-0.2, 0) is 6.42 Å². The summed E-state index contributed by atoms with van der Waals surface area (Å²) in [5, 5.41) is 14.2. The molecule has 0 radical (unpaired) electrons.